The Morgan fingerprint density at radius 1 is 1.53 bits per heavy atom. The molecule has 1 aromatic carbocycles. The van der Waals surface area contributed by atoms with Crippen molar-refractivity contribution in [3.05, 3.63) is 44.2 Å². The third kappa shape index (κ3) is 2.94. The standard InChI is InChI=1S/C10H8BrN5O3/c1-5-12-10(15-14-5)13-9(17)7-4-6(16(18)19)2-3-8(7)11/h2-4H,1H3,(H2,12,13,14,15,17). The summed E-state index contributed by atoms with van der Waals surface area (Å²) in [6.07, 6.45) is 0. The number of halogens is 1. The molecule has 1 heterocycles. The fourth-order valence-electron chi connectivity index (χ4n) is 1.37. The van der Waals surface area contributed by atoms with Gasteiger partial charge in [-0.15, -0.1) is 5.10 Å². The van der Waals surface area contributed by atoms with E-state index in [9.17, 15) is 14.9 Å². The Morgan fingerprint density at radius 2 is 2.26 bits per heavy atom. The van der Waals surface area contributed by atoms with Crippen LogP contribution in [0.3, 0.4) is 0 Å². The number of H-pyrrole nitrogens is 1. The largest absolute Gasteiger partial charge is 0.289 e. The lowest BCUT2D eigenvalue weighted by Gasteiger charge is -2.03. The number of anilines is 1. The van der Waals surface area contributed by atoms with Crippen molar-refractivity contribution < 1.29 is 9.72 Å². The molecule has 0 saturated carbocycles. The molecule has 0 fully saturated rings. The van der Waals surface area contributed by atoms with E-state index in [-0.39, 0.29) is 17.2 Å². The Labute approximate surface area is 115 Å². The number of amides is 1. The molecule has 2 N–H and O–H groups in total. The first kappa shape index (κ1) is 13.1. The number of nitro benzene ring substituents is 1. The van der Waals surface area contributed by atoms with Crippen LogP contribution in [0, 0.1) is 17.0 Å². The number of non-ortho nitro benzene ring substituents is 1. The Kier molecular flexibility index (Phi) is 3.56. The quantitative estimate of drug-likeness (QED) is 0.662. The van der Waals surface area contributed by atoms with Crippen molar-refractivity contribution in [2.75, 3.05) is 5.32 Å². The molecule has 0 saturated heterocycles. The average Bonchev–Trinajstić information content (AvgIpc) is 2.74. The average molecular weight is 326 g/mol. The normalized spacial score (nSPS) is 10.2. The lowest BCUT2D eigenvalue weighted by Crippen LogP contribution is -2.14. The molecule has 1 aromatic heterocycles. The number of aromatic amines is 1. The fourth-order valence-corrected chi connectivity index (χ4v) is 1.80. The molecule has 0 atom stereocenters. The van der Waals surface area contributed by atoms with E-state index in [1.807, 2.05) is 0 Å². The van der Waals surface area contributed by atoms with Gasteiger partial charge in [0.1, 0.15) is 5.82 Å². The number of carbonyl (C=O) groups excluding carboxylic acids is 1. The number of aromatic nitrogens is 3. The number of nitrogens with one attached hydrogen (secondary N) is 2. The zero-order valence-electron chi connectivity index (χ0n) is 9.68. The zero-order chi connectivity index (χ0) is 14.0. The number of hydrogen-bond donors (Lipinski definition) is 2. The van der Waals surface area contributed by atoms with Crippen molar-refractivity contribution in [1.29, 1.82) is 0 Å². The number of nitrogens with zero attached hydrogens (tertiary/aromatic N) is 3. The van der Waals surface area contributed by atoms with Gasteiger partial charge in [-0.25, -0.2) is 0 Å². The maximum absolute atomic E-state index is 12.0. The summed E-state index contributed by atoms with van der Waals surface area (Å²) in [7, 11) is 0. The van der Waals surface area contributed by atoms with Crippen molar-refractivity contribution in [3.63, 3.8) is 0 Å². The SMILES string of the molecule is Cc1nc(NC(=O)c2cc([N+](=O)[O-])ccc2Br)n[nH]1. The van der Waals surface area contributed by atoms with Crippen LogP contribution in [0.15, 0.2) is 22.7 Å². The van der Waals surface area contributed by atoms with E-state index in [0.717, 1.165) is 0 Å². The first-order valence-electron chi connectivity index (χ1n) is 5.11. The van der Waals surface area contributed by atoms with Gasteiger partial charge in [0.05, 0.1) is 10.5 Å². The predicted octanol–water partition coefficient (Wildman–Crippen LogP) is 2.04. The van der Waals surface area contributed by atoms with Gasteiger partial charge in [0.15, 0.2) is 0 Å². The van der Waals surface area contributed by atoms with Crippen LogP contribution in [-0.2, 0) is 0 Å². The van der Waals surface area contributed by atoms with E-state index in [1.54, 1.807) is 6.92 Å². The maximum atomic E-state index is 12.0. The summed E-state index contributed by atoms with van der Waals surface area (Å²) >= 11 is 3.17. The second kappa shape index (κ2) is 5.14. The van der Waals surface area contributed by atoms with Crippen molar-refractivity contribution in [2.24, 2.45) is 0 Å². The van der Waals surface area contributed by atoms with E-state index in [1.165, 1.54) is 18.2 Å². The number of aryl methyl sites for hydroxylation is 1. The van der Waals surface area contributed by atoms with Crippen LogP contribution in [0.25, 0.3) is 0 Å². The molecule has 9 heteroatoms. The van der Waals surface area contributed by atoms with E-state index >= 15 is 0 Å². The smallest absolute Gasteiger partial charge is 0.270 e. The molecule has 0 bridgehead atoms. The number of hydrogen-bond acceptors (Lipinski definition) is 5. The molecular formula is C10H8BrN5O3. The molecule has 0 aliphatic carbocycles. The fraction of sp³-hybridized carbons (Fsp3) is 0.100. The van der Waals surface area contributed by atoms with Gasteiger partial charge in [-0.1, -0.05) is 0 Å². The minimum absolute atomic E-state index is 0.112. The highest BCUT2D eigenvalue weighted by atomic mass is 79.9. The summed E-state index contributed by atoms with van der Waals surface area (Å²) in [6.45, 7) is 1.69. The molecular weight excluding hydrogens is 318 g/mol. The number of benzene rings is 1. The molecule has 2 aromatic rings. The Morgan fingerprint density at radius 3 is 2.84 bits per heavy atom. The highest BCUT2D eigenvalue weighted by Crippen LogP contribution is 2.23. The molecule has 19 heavy (non-hydrogen) atoms. The first-order valence-corrected chi connectivity index (χ1v) is 5.91. The minimum atomic E-state index is -0.569. The number of rotatable bonds is 3. The molecule has 0 spiro atoms. The van der Waals surface area contributed by atoms with Gasteiger partial charge in [-0.2, -0.15) is 4.98 Å². The topological polar surface area (TPSA) is 114 Å². The molecule has 0 aliphatic heterocycles. The summed E-state index contributed by atoms with van der Waals surface area (Å²) in [6, 6.07) is 3.92. The summed E-state index contributed by atoms with van der Waals surface area (Å²) in [5, 5.41) is 19.4. The van der Waals surface area contributed by atoms with Crippen LogP contribution in [0.5, 0.6) is 0 Å². The summed E-state index contributed by atoms with van der Waals surface area (Å²) in [4.78, 5) is 26.0. The van der Waals surface area contributed by atoms with Gasteiger partial charge in [-0.05, 0) is 28.9 Å². The van der Waals surface area contributed by atoms with Crippen molar-refractivity contribution >= 4 is 33.5 Å². The van der Waals surface area contributed by atoms with E-state index in [0.29, 0.717) is 10.3 Å². The highest BCUT2D eigenvalue weighted by molar-refractivity contribution is 9.10. The third-order valence-electron chi connectivity index (χ3n) is 2.23. The van der Waals surface area contributed by atoms with E-state index in [4.69, 9.17) is 0 Å². The maximum Gasteiger partial charge on any atom is 0.270 e. The van der Waals surface area contributed by atoms with Crippen LogP contribution in [-0.4, -0.2) is 26.0 Å². The Bertz CT molecular complexity index is 654. The van der Waals surface area contributed by atoms with E-state index < -0.39 is 10.8 Å². The highest BCUT2D eigenvalue weighted by Gasteiger charge is 2.16. The van der Waals surface area contributed by atoms with E-state index in [2.05, 4.69) is 36.4 Å². The second-order valence-electron chi connectivity index (χ2n) is 3.62. The molecule has 0 aliphatic rings. The first-order chi connectivity index (χ1) is 8.97. The summed E-state index contributed by atoms with van der Waals surface area (Å²) in [5.41, 5.74) is -0.0313. The molecule has 1 amide bonds. The van der Waals surface area contributed by atoms with Crippen LogP contribution < -0.4 is 5.32 Å². The molecule has 98 valence electrons. The zero-order valence-corrected chi connectivity index (χ0v) is 11.3. The predicted molar refractivity (Wildman–Crippen MR) is 69.9 cm³/mol. The second-order valence-corrected chi connectivity index (χ2v) is 4.47. The number of nitro groups is 1. The van der Waals surface area contributed by atoms with Crippen molar-refractivity contribution in [3.8, 4) is 0 Å². The Balaban J connectivity index is 2.27. The van der Waals surface area contributed by atoms with Gasteiger partial charge in [0.2, 0.25) is 5.95 Å². The molecule has 2 rings (SSSR count). The van der Waals surface area contributed by atoms with Gasteiger partial charge in [0.25, 0.3) is 11.6 Å². The van der Waals surface area contributed by atoms with Crippen LogP contribution in [0.2, 0.25) is 0 Å². The lowest BCUT2D eigenvalue weighted by molar-refractivity contribution is -0.384. The third-order valence-corrected chi connectivity index (χ3v) is 2.92. The minimum Gasteiger partial charge on any atom is -0.289 e. The molecule has 0 unspecified atom stereocenters. The molecule has 0 radical (unpaired) electrons. The Hall–Kier alpha value is -2.29. The molecule has 8 nitrogen and oxygen atoms in total. The van der Waals surface area contributed by atoms with Crippen molar-refractivity contribution in [1.82, 2.24) is 15.2 Å². The van der Waals surface area contributed by atoms with Crippen LogP contribution in [0.4, 0.5) is 11.6 Å². The summed E-state index contributed by atoms with van der Waals surface area (Å²) < 4.78 is 0.447. The van der Waals surface area contributed by atoms with Gasteiger partial charge >= 0.3 is 0 Å². The van der Waals surface area contributed by atoms with Crippen LogP contribution >= 0.6 is 15.9 Å². The number of carbonyl (C=O) groups is 1. The monoisotopic (exact) mass is 325 g/mol. The summed E-state index contributed by atoms with van der Waals surface area (Å²) in [5.74, 6) is 0.129. The van der Waals surface area contributed by atoms with Crippen LogP contribution in [0.1, 0.15) is 16.2 Å². The van der Waals surface area contributed by atoms with Gasteiger partial charge < -0.3 is 0 Å². The van der Waals surface area contributed by atoms with Gasteiger partial charge in [-0.3, -0.25) is 25.3 Å². The lowest BCUT2D eigenvalue weighted by atomic mass is 10.2. The van der Waals surface area contributed by atoms with Crippen molar-refractivity contribution in [2.45, 2.75) is 6.92 Å². The van der Waals surface area contributed by atoms with Gasteiger partial charge in [0, 0.05) is 16.6 Å².